The average molecular weight is 614 g/mol. The number of benzene rings is 2. The first-order valence-corrected chi connectivity index (χ1v) is 15.6. The van der Waals surface area contributed by atoms with Crippen LogP contribution in [-0.4, -0.2) is 71.3 Å². The third-order valence-electron chi connectivity index (χ3n) is 8.58. The molecule has 1 saturated carbocycles. The van der Waals surface area contributed by atoms with Crippen LogP contribution in [0.2, 0.25) is 0 Å². The smallest absolute Gasteiger partial charge is 0.410 e. The first-order chi connectivity index (χ1) is 21.4. The van der Waals surface area contributed by atoms with Crippen LogP contribution < -0.4 is 0 Å². The van der Waals surface area contributed by atoms with Gasteiger partial charge in [0.25, 0.3) is 0 Å². The predicted molar refractivity (Wildman–Crippen MR) is 172 cm³/mol. The molecule has 3 aromatic rings. The van der Waals surface area contributed by atoms with Gasteiger partial charge in [-0.05, 0) is 94.7 Å². The molecule has 1 aliphatic heterocycles. The summed E-state index contributed by atoms with van der Waals surface area (Å²) >= 11 is 0. The van der Waals surface area contributed by atoms with Crippen molar-refractivity contribution in [3.63, 3.8) is 0 Å². The van der Waals surface area contributed by atoms with Crippen LogP contribution in [0.1, 0.15) is 78.9 Å². The zero-order valence-electron chi connectivity index (χ0n) is 27.0. The van der Waals surface area contributed by atoms with Crippen molar-refractivity contribution in [2.75, 3.05) is 26.7 Å². The van der Waals surface area contributed by atoms with Crippen molar-refractivity contribution >= 4 is 24.0 Å². The van der Waals surface area contributed by atoms with Gasteiger partial charge < -0.3 is 23.8 Å². The molecule has 1 aromatic heterocycles. The Bertz CT molecular complexity index is 1520. The van der Waals surface area contributed by atoms with Crippen LogP contribution in [0.25, 0.3) is 17.2 Å². The molecule has 2 atom stereocenters. The van der Waals surface area contributed by atoms with Crippen molar-refractivity contribution < 1.29 is 28.4 Å². The Morgan fingerprint density at radius 3 is 2.27 bits per heavy atom. The normalized spacial score (nSPS) is 18.6. The number of carbonyl (C=O) groups is 3. The van der Waals surface area contributed by atoms with E-state index in [1.165, 1.54) is 12.7 Å². The molecule has 2 heterocycles. The summed E-state index contributed by atoms with van der Waals surface area (Å²) in [4.78, 5) is 41.8. The summed E-state index contributed by atoms with van der Waals surface area (Å²) < 4.78 is 15.9. The summed E-state index contributed by atoms with van der Waals surface area (Å²) in [6.45, 7) is 11.4. The molecule has 45 heavy (non-hydrogen) atoms. The SMILES string of the molecule is COC(=O)c1ccc(/C=C/C(=O)N2CCC(CN(C(=O)OC(C)(C)C)C3CC3c3ccc(-c4c(C)noc4C)cc3)CC2)cc1. The topological polar surface area (TPSA) is 102 Å². The number of amides is 2. The first kappa shape index (κ1) is 32.0. The highest BCUT2D eigenvalue weighted by Crippen LogP contribution is 2.46. The molecule has 0 spiro atoms. The zero-order valence-corrected chi connectivity index (χ0v) is 27.0. The molecule has 9 nitrogen and oxygen atoms in total. The number of aromatic nitrogens is 1. The lowest BCUT2D eigenvalue weighted by molar-refractivity contribution is -0.127. The molecule has 2 unspecified atom stereocenters. The van der Waals surface area contributed by atoms with Gasteiger partial charge in [-0.3, -0.25) is 4.79 Å². The summed E-state index contributed by atoms with van der Waals surface area (Å²) in [5.41, 5.74) is 4.89. The van der Waals surface area contributed by atoms with Gasteiger partial charge in [-0.2, -0.15) is 0 Å². The van der Waals surface area contributed by atoms with Crippen molar-refractivity contribution in [3.8, 4) is 11.1 Å². The number of hydrogen-bond donors (Lipinski definition) is 0. The van der Waals surface area contributed by atoms with E-state index in [2.05, 4.69) is 29.4 Å². The zero-order chi connectivity index (χ0) is 32.3. The molecular formula is C36H43N3O6. The fourth-order valence-corrected chi connectivity index (χ4v) is 6.08. The van der Waals surface area contributed by atoms with Crippen LogP contribution >= 0.6 is 0 Å². The number of ether oxygens (including phenoxy) is 2. The Balaban J connectivity index is 1.19. The van der Waals surface area contributed by atoms with E-state index in [1.54, 1.807) is 36.4 Å². The highest BCUT2D eigenvalue weighted by Gasteiger charge is 2.46. The summed E-state index contributed by atoms with van der Waals surface area (Å²) in [7, 11) is 1.35. The number of piperidine rings is 1. The lowest BCUT2D eigenvalue weighted by Crippen LogP contribution is -2.45. The van der Waals surface area contributed by atoms with Gasteiger partial charge >= 0.3 is 12.1 Å². The number of hydrogen-bond acceptors (Lipinski definition) is 7. The first-order valence-electron chi connectivity index (χ1n) is 15.6. The molecule has 238 valence electrons. The fourth-order valence-electron chi connectivity index (χ4n) is 6.08. The average Bonchev–Trinajstić information content (AvgIpc) is 3.74. The molecule has 1 aliphatic carbocycles. The van der Waals surface area contributed by atoms with Crippen LogP contribution in [0.15, 0.2) is 59.1 Å². The minimum absolute atomic E-state index is 0.0446. The fraction of sp³-hybridized carbons (Fsp3) is 0.444. The molecule has 9 heteroatoms. The van der Waals surface area contributed by atoms with Gasteiger partial charge in [-0.15, -0.1) is 0 Å². The van der Waals surface area contributed by atoms with Gasteiger partial charge in [0.15, 0.2) is 0 Å². The van der Waals surface area contributed by atoms with Crippen LogP contribution in [0.3, 0.4) is 0 Å². The molecule has 5 rings (SSSR count). The second-order valence-corrected chi connectivity index (χ2v) is 13.1. The van der Waals surface area contributed by atoms with Gasteiger partial charge in [0.2, 0.25) is 5.91 Å². The number of aryl methyl sites for hydroxylation is 2. The maximum Gasteiger partial charge on any atom is 0.410 e. The summed E-state index contributed by atoms with van der Waals surface area (Å²) in [6, 6.07) is 15.5. The van der Waals surface area contributed by atoms with E-state index >= 15 is 0 Å². The van der Waals surface area contributed by atoms with E-state index in [9.17, 15) is 14.4 Å². The highest BCUT2D eigenvalue weighted by molar-refractivity contribution is 5.92. The highest BCUT2D eigenvalue weighted by atomic mass is 16.6. The van der Waals surface area contributed by atoms with Crippen molar-refractivity contribution in [2.45, 2.75) is 71.4 Å². The van der Waals surface area contributed by atoms with E-state index < -0.39 is 11.6 Å². The van der Waals surface area contributed by atoms with Gasteiger partial charge in [-0.25, -0.2) is 9.59 Å². The number of nitrogens with zero attached hydrogens (tertiary/aromatic N) is 3. The Hall–Kier alpha value is -4.40. The van der Waals surface area contributed by atoms with Crippen molar-refractivity contribution in [1.29, 1.82) is 0 Å². The van der Waals surface area contributed by atoms with E-state index in [-0.39, 0.29) is 29.9 Å². The van der Waals surface area contributed by atoms with Crippen LogP contribution in [0.5, 0.6) is 0 Å². The minimum Gasteiger partial charge on any atom is -0.465 e. The molecule has 2 fully saturated rings. The molecule has 0 radical (unpaired) electrons. The van der Waals surface area contributed by atoms with E-state index in [0.717, 1.165) is 47.4 Å². The Labute approximate surface area is 265 Å². The summed E-state index contributed by atoms with van der Waals surface area (Å²) in [5, 5.41) is 4.08. The van der Waals surface area contributed by atoms with E-state index in [0.29, 0.717) is 25.2 Å². The second-order valence-electron chi connectivity index (χ2n) is 13.1. The Kier molecular flexibility index (Phi) is 9.46. The number of likely N-dealkylation sites (tertiary alicyclic amines) is 1. The number of carbonyl (C=O) groups excluding carboxylic acids is 3. The van der Waals surface area contributed by atoms with Crippen molar-refractivity contribution in [1.82, 2.24) is 15.0 Å². The van der Waals surface area contributed by atoms with Crippen LogP contribution in [-0.2, 0) is 14.3 Å². The number of rotatable bonds is 8. The summed E-state index contributed by atoms with van der Waals surface area (Å²) in [5.74, 6) is 0.896. The number of methoxy groups -OCH3 is 1. The van der Waals surface area contributed by atoms with Crippen molar-refractivity contribution in [2.24, 2.45) is 5.92 Å². The third-order valence-corrected chi connectivity index (χ3v) is 8.58. The van der Waals surface area contributed by atoms with Crippen LogP contribution in [0.4, 0.5) is 4.79 Å². The molecule has 1 saturated heterocycles. The lowest BCUT2D eigenvalue weighted by atomic mass is 9.95. The van der Waals surface area contributed by atoms with Crippen LogP contribution in [0, 0.1) is 19.8 Å². The molecule has 0 N–H and O–H groups in total. The molecule has 2 aromatic carbocycles. The predicted octanol–water partition coefficient (Wildman–Crippen LogP) is 6.79. The molecule has 2 aliphatic rings. The largest absolute Gasteiger partial charge is 0.465 e. The Morgan fingerprint density at radius 2 is 1.69 bits per heavy atom. The van der Waals surface area contributed by atoms with E-state index in [4.69, 9.17) is 14.0 Å². The quantitative estimate of drug-likeness (QED) is 0.204. The minimum atomic E-state index is -0.586. The molecule has 0 bridgehead atoms. The van der Waals surface area contributed by atoms with Crippen molar-refractivity contribution in [3.05, 3.63) is 82.8 Å². The summed E-state index contributed by atoms with van der Waals surface area (Å²) in [6.07, 6.45) is 5.58. The van der Waals surface area contributed by atoms with Gasteiger partial charge in [0.1, 0.15) is 11.4 Å². The third kappa shape index (κ3) is 7.82. The Morgan fingerprint density at radius 1 is 1.02 bits per heavy atom. The second kappa shape index (κ2) is 13.3. The van der Waals surface area contributed by atoms with Gasteiger partial charge in [0, 0.05) is 43.2 Å². The lowest BCUT2D eigenvalue weighted by Gasteiger charge is -2.35. The standard InChI is InChI=1S/C36H43N3O6/c1-23-33(24(2)45-37-23)28-14-12-27(13-15-28)30-21-31(30)39(35(42)44-36(3,4)5)22-26-17-19-38(20-18-26)32(40)16-9-25-7-10-29(11-8-25)34(41)43-6/h7-16,26,30-31H,17-22H2,1-6H3/b16-9+. The van der Waals surface area contributed by atoms with E-state index in [1.807, 2.05) is 44.4 Å². The maximum absolute atomic E-state index is 13.4. The number of esters is 1. The molecule has 2 amide bonds. The van der Waals surface area contributed by atoms with Gasteiger partial charge in [-0.1, -0.05) is 41.6 Å². The monoisotopic (exact) mass is 613 g/mol. The molecular weight excluding hydrogens is 570 g/mol. The maximum atomic E-state index is 13.4. The van der Waals surface area contributed by atoms with Gasteiger partial charge in [0.05, 0.1) is 18.4 Å².